The van der Waals surface area contributed by atoms with Crippen LogP contribution >= 0.6 is 34.2 Å². The van der Waals surface area contributed by atoms with E-state index >= 15 is 0 Å². The van der Waals surface area contributed by atoms with Crippen molar-refractivity contribution in [3.8, 4) is 0 Å². The number of hydrogen-bond acceptors (Lipinski definition) is 3. The largest absolute Gasteiger partial charge is 0.324 e. The van der Waals surface area contributed by atoms with Crippen molar-refractivity contribution < 1.29 is 0 Å². The van der Waals surface area contributed by atoms with Gasteiger partial charge < -0.3 is 5.32 Å². The van der Waals surface area contributed by atoms with Gasteiger partial charge in [-0.3, -0.25) is 0 Å². The van der Waals surface area contributed by atoms with Gasteiger partial charge in [-0.05, 0) is 34.7 Å². The number of rotatable bonds is 2. The Balaban J connectivity index is 2.22. The first-order chi connectivity index (χ1) is 7.25. The molecule has 0 fully saturated rings. The van der Waals surface area contributed by atoms with Crippen molar-refractivity contribution in [1.29, 1.82) is 0 Å². The van der Waals surface area contributed by atoms with Crippen molar-refractivity contribution in [2.24, 2.45) is 0 Å². The molecule has 0 bridgehead atoms. The summed E-state index contributed by atoms with van der Waals surface area (Å²) in [6.07, 6.45) is 1.58. The van der Waals surface area contributed by atoms with Crippen molar-refractivity contribution in [2.75, 3.05) is 5.32 Å². The summed E-state index contributed by atoms with van der Waals surface area (Å²) in [4.78, 5) is 8.28. The van der Waals surface area contributed by atoms with Gasteiger partial charge in [-0.2, -0.15) is 0 Å². The first kappa shape index (κ1) is 10.6. The zero-order chi connectivity index (χ0) is 10.7. The second-order valence-electron chi connectivity index (χ2n) is 2.82. The van der Waals surface area contributed by atoms with Gasteiger partial charge in [0.1, 0.15) is 3.70 Å². The molecule has 0 unspecified atom stereocenters. The van der Waals surface area contributed by atoms with Crippen LogP contribution < -0.4 is 5.32 Å². The van der Waals surface area contributed by atoms with Crippen LogP contribution in [0.15, 0.2) is 36.5 Å². The lowest BCUT2D eigenvalue weighted by molar-refractivity contribution is 1.14. The van der Waals surface area contributed by atoms with Gasteiger partial charge in [-0.25, -0.2) is 9.97 Å². The summed E-state index contributed by atoms with van der Waals surface area (Å²) in [6, 6.07) is 9.75. The number of nitrogens with one attached hydrogen (secondary N) is 1. The molecule has 15 heavy (non-hydrogen) atoms. The van der Waals surface area contributed by atoms with Gasteiger partial charge in [-0.15, -0.1) is 0 Å². The molecule has 0 saturated heterocycles. The van der Waals surface area contributed by atoms with E-state index in [1.807, 2.05) is 30.3 Å². The normalized spacial score (nSPS) is 10.0. The number of benzene rings is 1. The number of nitrogens with zero attached hydrogens (tertiary/aromatic N) is 2. The Kier molecular flexibility index (Phi) is 3.37. The predicted molar refractivity (Wildman–Crippen MR) is 69.5 cm³/mol. The zero-order valence-electron chi connectivity index (χ0n) is 7.61. The molecular weight excluding hydrogens is 324 g/mol. The molecule has 0 spiro atoms. The minimum absolute atomic E-state index is 0.551. The Morgan fingerprint density at radius 1 is 1.20 bits per heavy atom. The second kappa shape index (κ2) is 4.76. The van der Waals surface area contributed by atoms with Crippen LogP contribution in [0.4, 0.5) is 11.6 Å². The molecule has 0 amide bonds. The van der Waals surface area contributed by atoms with E-state index in [-0.39, 0.29) is 0 Å². The molecule has 5 heteroatoms. The fraction of sp³-hybridized carbons (Fsp3) is 0. The van der Waals surface area contributed by atoms with E-state index in [0.29, 0.717) is 11.0 Å². The van der Waals surface area contributed by atoms with Crippen molar-refractivity contribution in [3.05, 3.63) is 45.3 Å². The minimum Gasteiger partial charge on any atom is -0.324 e. The molecule has 0 saturated carbocycles. The number of para-hydroxylation sites is 1. The maximum absolute atomic E-state index is 5.82. The van der Waals surface area contributed by atoms with E-state index in [1.54, 1.807) is 6.20 Å². The molecule has 0 radical (unpaired) electrons. The third-order valence-electron chi connectivity index (χ3n) is 1.73. The summed E-state index contributed by atoms with van der Waals surface area (Å²) < 4.78 is 0.739. The lowest BCUT2D eigenvalue weighted by atomic mass is 10.3. The van der Waals surface area contributed by atoms with Crippen molar-refractivity contribution >= 4 is 45.8 Å². The highest BCUT2D eigenvalue weighted by Crippen LogP contribution is 2.18. The van der Waals surface area contributed by atoms with Crippen LogP contribution in [0.5, 0.6) is 0 Å². The molecule has 1 N–H and O–H groups in total. The van der Waals surface area contributed by atoms with Crippen LogP contribution in [0.3, 0.4) is 0 Å². The van der Waals surface area contributed by atoms with E-state index in [9.17, 15) is 0 Å². The van der Waals surface area contributed by atoms with Gasteiger partial charge in [0.25, 0.3) is 0 Å². The average Bonchev–Trinajstić information content (AvgIpc) is 2.25. The van der Waals surface area contributed by atoms with Gasteiger partial charge >= 0.3 is 0 Å². The Hall–Kier alpha value is -0.880. The molecule has 76 valence electrons. The third kappa shape index (κ3) is 2.79. The van der Waals surface area contributed by atoms with E-state index in [4.69, 9.17) is 11.6 Å². The molecule has 1 aromatic heterocycles. The lowest BCUT2D eigenvalue weighted by Gasteiger charge is -2.04. The number of halogens is 2. The molecule has 2 aromatic rings. The molecular formula is C10H7ClIN3. The van der Waals surface area contributed by atoms with Gasteiger partial charge in [0.2, 0.25) is 5.95 Å². The molecule has 0 aliphatic carbocycles. The SMILES string of the molecule is Clc1cnc(Nc2ccccc2)nc1I. The molecule has 0 aliphatic rings. The summed E-state index contributed by atoms with van der Waals surface area (Å²) in [7, 11) is 0. The third-order valence-corrected chi connectivity index (χ3v) is 3.15. The van der Waals surface area contributed by atoms with Crippen molar-refractivity contribution in [1.82, 2.24) is 9.97 Å². The number of anilines is 2. The predicted octanol–water partition coefficient (Wildman–Crippen LogP) is 3.48. The first-order valence-electron chi connectivity index (χ1n) is 4.26. The van der Waals surface area contributed by atoms with E-state index < -0.39 is 0 Å². The standard InChI is InChI=1S/C10H7ClIN3/c11-8-6-13-10(15-9(8)12)14-7-4-2-1-3-5-7/h1-6H,(H,13,14,15). The maximum atomic E-state index is 5.82. The Morgan fingerprint density at radius 2 is 1.93 bits per heavy atom. The summed E-state index contributed by atoms with van der Waals surface area (Å²) in [5.41, 5.74) is 0.954. The number of hydrogen-bond donors (Lipinski definition) is 1. The van der Waals surface area contributed by atoms with Crippen LogP contribution in [0.25, 0.3) is 0 Å². The summed E-state index contributed by atoms with van der Waals surface area (Å²) in [5.74, 6) is 0.551. The highest BCUT2D eigenvalue weighted by Gasteiger charge is 2.01. The molecule has 3 nitrogen and oxygen atoms in total. The van der Waals surface area contributed by atoms with Crippen LogP contribution in [-0.4, -0.2) is 9.97 Å². The molecule has 1 aromatic carbocycles. The van der Waals surface area contributed by atoms with Crippen molar-refractivity contribution in [2.45, 2.75) is 0 Å². The number of aromatic nitrogens is 2. The van der Waals surface area contributed by atoms with Crippen LogP contribution in [0, 0.1) is 3.70 Å². The van der Waals surface area contributed by atoms with E-state index in [1.165, 1.54) is 0 Å². The molecule has 0 aliphatic heterocycles. The second-order valence-corrected chi connectivity index (χ2v) is 4.25. The highest BCUT2D eigenvalue weighted by atomic mass is 127. The minimum atomic E-state index is 0.551. The maximum Gasteiger partial charge on any atom is 0.228 e. The summed E-state index contributed by atoms with van der Waals surface area (Å²) in [5, 5.41) is 3.65. The molecule has 0 atom stereocenters. The summed E-state index contributed by atoms with van der Waals surface area (Å²) in [6.45, 7) is 0. The van der Waals surface area contributed by atoms with Crippen LogP contribution in [0.2, 0.25) is 5.02 Å². The van der Waals surface area contributed by atoms with Gasteiger partial charge in [0, 0.05) is 5.69 Å². The summed E-state index contributed by atoms with van der Waals surface area (Å²) >= 11 is 7.89. The molecule has 2 rings (SSSR count). The fourth-order valence-electron chi connectivity index (χ4n) is 1.06. The monoisotopic (exact) mass is 331 g/mol. The highest BCUT2D eigenvalue weighted by molar-refractivity contribution is 14.1. The Bertz CT molecular complexity index is 461. The Labute approximate surface area is 106 Å². The fourth-order valence-corrected chi connectivity index (χ4v) is 1.52. The first-order valence-corrected chi connectivity index (χ1v) is 5.71. The average molecular weight is 332 g/mol. The zero-order valence-corrected chi connectivity index (χ0v) is 10.5. The van der Waals surface area contributed by atoms with Gasteiger partial charge in [0.15, 0.2) is 0 Å². The van der Waals surface area contributed by atoms with Crippen LogP contribution in [0.1, 0.15) is 0 Å². The lowest BCUT2D eigenvalue weighted by Crippen LogP contribution is -1.98. The van der Waals surface area contributed by atoms with Gasteiger partial charge in [0.05, 0.1) is 11.2 Å². The smallest absolute Gasteiger partial charge is 0.228 e. The topological polar surface area (TPSA) is 37.8 Å². The van der Waals surface area contributed by atoms with E-state index in [0.717, 1.165) is 9.39 Å². The van der Waals surface area contributed by atoms with Gasteiger partial charge in [-0.1, -0.05) is 29.8 Å². The molecule has 1 heterocycles. The quantitative estimate of drug-likeness (QED) is 0.676. The van der Waals surface area contributed by atoms with Crippen LogP contribution in [-0.2, 0) is 0 Å². The van der Waals surface area contributed by atoms with E-state index in [2.05, 4.69) is 37.9 Å². The van der Waals surface area contributed by atoms with Crippen molar-refractivity contribution in [3.63, 3.8) is 0 Å². The Morgan fingerprint density at radius 3 is 2.60 bits per heavy atom.